The van der Waals surface area contributed by atoms with E-state index in [9.17, 15) is 13.2 Å². The second-order valence-corrected chi connectivity index (χ2v) is 10.6. The minimum Gasteiger partial charge on any atom is -0.329 e. The predicted octanol–water partition coefficient (Wildman–Crippen LogP) is 1.95. The van der Waals surface area contributed by atoms with Gasteiger partial charge in [0.05, 0.1) is 37.0 Å². The number of piperazine rings is 1. The van der Waals surface area contributed by atoms with E-state index in [0.29, 0.717) is 24.7 Å². The number of quaternary nitrogens is 1. The fourth-order valence-corrected chi connectivity index (χ4v) is 5.71. The quantitative estimate of drug-likeness (QED) is 0.765. The average Bonchev–Trinajstić information content (AvgIpc) is 3.02. The summed E-state index contributed by atoms with van der Waals surface area (Å²) in [6.07, 6.45) is 0. The van der Waals surface area contributed by atoms with Crippen LogP contribution in [0.5, 0.6) is 0 Å². The largest absolute Gasteiger partial charge is 0.329 e. The van der Waals surface area contributed by atoms with Gasteiger partial charge >= 0.3 is 0 Å². The second-order valence-electron chi connectivity index (χ2n) is 8.69. The molecule has 0 bridgehead atoms. The number of fused-ring (bicyclic) bond motifs is 1. The third kappa shape index (κ3) is 4.02. The second kappa shape index (κ2) is 8.13. The molecule has 0 saturated carbocycles. The average molecular weight is 429 g/mol. The van der Waals surface area contributed by atoms with Crippen LogP contribution in [-0.4, -0.2) is 44.8 Å². The Bertz CT molecular complexity index is 1040. The Morgan fingerprint density at radius 1 is 1.10 bits per heavy atom. The van der Waals surface area contributed by atoms with Gasteiger partial charge in [0, 0.05) is 11.3 Å². The summed E-state index contributed by atoms with van der Waals surface area (Å²) < 4.78 is 27.9. The van der Waals surface area contributed by atoms with Crippen LogP contribution >= 0.6 is 0 Å². The van der Waals surface area contributed by atoms with E-state index in [4.69, 9.17) is 0 Å². The van der Waals surface area contributed by atoms with E-state index in [2.05, 4.69) is 43.4 Å². The molecule has 160 valence electrons. The molecule has 2 aliphatic rings. The topological polar surface area (TPSA) is 70.9 Å². The van der Waals surface area contributed by atoms with Crippen molar-refractivity contribution in [1.82, 2.24) is 4.31 Å². The van der Waals surface area contributed by atoms with Crippen molar-refractivity contribution < 1.29 is 18.1 Å². The lowest BCUT2D eigenvalue weighted by Crippen LogP contribution is -3.13. The Morgan fingerprint density at radius 2 is 1.77 bits per heavy atom. The van der Waals surface area contributed by atoms with Gasteiger partial charge in [-0.05, 0) is 42.2 Å². The molecule has 0 aromatic heterocycles. The summed E-state index contributed by atoms with van der Waals surface area (Å²) in [7, 11) is -3.56. The Kier molecular flexibility index (Phi) is 5.70. The molecule has 1 saturated heterocycles. The summed E-state index contributed by atoms with van der Waals surface area (Å²) in [5.41, 5.74) is 4.10. The van der Waals surface area contributed by atoms with Crippen LogP contribution in [0.25, 0.3) is 0 Å². The maximum atomic E-state index is 13.2. The fraction of sp³-hybridized carbons (Fsp3) is 0.435. The number of sulfonamides is 1. The number of carbonyl (C=O) groups excluding carboxylic acids is 1. The summed E-state index contributed by atoms with van der Waals surface area (Å²) in [6.45, 7) is 9.67. The number of hydrogen-bond donors (Lipinski definition) is 2. The van der Waals surface area contributed by atoms with Crippen molar-refractivity contribution in [3.05, 3.63) is 59.2 Å². The number of rotatable bonds is 5. The van der Waals surface area contributed by atoms with Crippen LogP contribution in [0.15, 0.2) is 47.4 Å². The summed E-state index contributed by atoms with van der Waals surface area (Å²) in [5.74, 6) is 0.118. The summed E-state index contributed by atoms with van der Waals surface area (Å²) >= 11 is 0. The minimum atomic E-state index is -3.56. The van der Waals surface area contributed by atoms with E-state index in [1.165, 1.54) is 16.0 Å². The Balaban J connectivity index is 1.40. The third-order valence-corrected chi connectivity index (χ3v) is 8.20. The molecule has 6 nitrogen and oxygen atoms in total. The predicted molar refractivity (Wildman–Crippen MR) is 117 cm³/mol. The lowest BCUT2D eigenvalue weighted by molar-refractivity contribution is -0.917. The lowest BCUT2D eigenvalue weighted by atomic mass is 10.0. The molecule has 0 unspecified atom stereocenters. The highest BCUT2D eigenvalue weighted by Crippen LogP contribution is 2.34. The van der Waals surface area contributed by atoms with Crippen LogP contribution in [0, 0.1) is 0 Å². The van der Waals surface area contributed by atoms with Crippen molar-refractivity contribution in [2.75, 3.05) is 31.5 Å². The number of nitrogens with one attached hydrogen (secondary N) is 2. The molecule has 30 heavy (non-hydrogen) atoms. The highest BCUT2D eigenvalue weighted by molar-refractivity contribution is 7.89. The van der Waals surface area contributed by atoms with E-state index < -0.39 is 10.0 Å². The summed E-state index contributed by atoms with van der Waals surface area (Å²) in [6, 6.07) is 13.7. The monoisotopic (exact) mass is 428 g/mol. The van der Waals surface area contributed by atoms with Gasteiger partial charge in [-0.1, -0.05) is 38.1 Å². The zero-order valence-corrected chi connectivity index (χ0v) is 18.6. The third-order valence-electron chi connectivity index (χ3n) is 6.31. The van der Waals surface area contributed by atoms with Crippen molar-refractivity contribution in [2.24, 2.45) is 0 Å². The first-order chi connectivity index (χ1) is 14.3. The van der Waals surface area contributed by atoms with Crippen LogP contribution < -0.4 is 10.2 Å². The molecule has 2 aliphatic heterocycles. The molecule has 2 aromatic rings. The SMILES string of the molecule is CC(C)c1ccc(C[NH+]2CCN(S(=O)(=O)c3ccc4c(c3)[C@H](C)C(=O)N4)CC2)cc1. The number of carbonyl (C=O) groups is 1. The first-order valence-corrected chi connectivity index (χ1v) is 12.1. The maximum Gasteiger partial charge on any atom is 0.243 e. The first-order valence-electron chi connectivity index (χ1n) is 10.6. The lowest BCUT2D eigenvalue weighted by Gasteiger charge is -2.31. The molecular weight excluding hydrogens is 398 g/mol. The molecular formula is C23H30N3O3S+. The molecule has 7 heteroatoms. The van der Waals surface area contributed by atoms with E-state index in [1.54, 1.807) is 29.4 Å². The summed E-state index contributed by atoms with van der Waals surface area (Å²) in [4.78, 5) is 13.5. The molecule has 0 radical (unpaired) electrons. The van der Waals surface area contributed by atoms with Crippen molar-refractivity contribution >= 4 is 21.6 Å². The molecule has 2 aromatic carbocycles. The van der Waals surface area contributed by atoms with Gasteiger partial charge in [-0.3, -0.25) is 4.79 Å². The number of nitrogens with zero attached hydrogens (tertiary/aromatic N) is 1. The Morgan fingerprint density at radius 3 is 2.40 bits per heavy atom. The van der Waals surface area contributed by atoms with E-state index in [0.717, 1.165) is 25.2 Å². The normalized spacial score (nSPS) is 20.4. The van der Waals surface area contributed by atoms with Gasteiger partial charge < -0.3 is 10.2 Å². The van der Waals surface area contributed by atoms with Crippen LogP contribution in [0.2, 0.25) is 0 Å². The maximum absolute atomic E-state index is 13.2. The fourth-order valence-electron chi connectivity index (χ4n) is 4.23. The minimum absolute atomic E-state index is 0.0850. The molecule has 0 spiro atoms. The first kappa shape index (κ1) is 21.0. The standard InChI is InChI=1S/C23H29N3O3S/c1-16(2)19-6-4-18(5-7-19)15-25-10-12-26(13-11-25)30(28,29)20-8-9-22-21(14-20)17(3)23(27)24-22/h4-9,14,16-17H,10-13,15H2,1-3H3,(H,24,27)/p+1/t17-/m0/s1. The Labute approximate surface area is 178 Å². The Hall–Kier alpha value is -2.22. The van der Waals surface area contributed by atoms with Gasteiger partial charge in [0.2, 0.25) is 15.9 Å². The highest BCUT2D eigenvalue weighted by Gasteiger charge is 2.33. The van der Waals surface area contributed by atoms with Crippen LogP contribution in [0.3, 0.4) is 0 Å². The van der Waals surface area contributed by atoms with Gasteiger partial charge in [-0.15, -0.1) is 0 Å². The number of amides is 1. The van der Waals surface area contributed by atoms with Gasteiger partial charge in [-0.2, -0.15) is 4.31 Å². The van der Waals surface area contributed by atoms with Gasteiger partial charge in [0.1, 0.15) is 6.54 Å². The molecule has 2 N–H and O–H groups in total. The van der Waals surface area contributed by atoms with Crippen molar-refractivity contribution in [3.63, 3.8) is 0 Å². The van der Waals surface area contributed by atoms with Gasteiger partial charge in [-0.25, -0.2) is 8.42 Å². The van der Waals surface area contributed by atoms with Gasteiger partial charge in [0.25, 0.3) is 0 Å². The molecule has 1 fully saturated rings. The highest BCUT2D eigenvalue weighted by atomic mass is 32.2. The van der Waals surface area contributed by atoms with Crippen molar-refractivity contribution in [2.45, 2.75) is 44.0 Å². The van der Waals surface area contributed by atoms with Gasteiger partial charge in [0.15, 0.2) is 0 Å². The van der Waals surface area contributed by atoms with Crippen LogP contribution in [0.4, 0.5) is 5.69 Å². The molecule has 1 atom stereocenters. The smallest absolute Gasteiger partial charge is 0.243 e. The van der Waals surface area contributed by atoms with E-state index in [1.807, 2.05) is 0 Å². The molecule has 0 aliphatic carbocycles. The van der Waals surface area contributed by atoms with Crippen molar-refractivity contribution in [1.29, 1.82) is 0 Å². The molecule has 2 heterocycles. The number of hydrogen-bond acceptors (Lipinski definition) is 3. The van der Waals surface area contributed by atoms with Crippen LogP contribution in [-0.2, 0) is 21.4 Å². The zero-order valence-electron chi connectivity index (χ0n) is 17.8. The summed E-state index contributed by atoms with van der Waals surface area (Å²) in [5, 5.41) is 2.79. The number of benzene rings is 2. The van der Waals surface area contributed by atoms with Crippen molar-refractivity contribution in [3.8, 4) is 0 Å². The van der Waals surface area contributed by atoms with E-state index in [-0.39, 0.29) is 16.7 Å². The zero-order chi connectivity index (χ0) is 21.5. The van der Waals surface area contributed by atoms with E-state index >= 15 is 0 Å². The molecule has 1 amide bonds. The number of anilines is 1. The van der Waals surface area contributed by atoms with Crippen LogP contribution in [0.1, 0.15) is 49.3 Å². The molecule has 4 rings (SSSR count).